The second-order valence-corrected chi connectivity index (χ2v) is 4.33. The summed E-state index contributed by atoms with van der Waals surface area (Å²) in [5, 5.41) is 18.4. The highest BCUT2D eigenvalue weighted by Crippen LogP contribution is 2.24. The van der Waals surface area contributed by atoms with E-state index in [0.29, 0.717) is 19.4 Å². The van der Waals surface area contributed by atoms with E-state index in [1.165, 1.54) is 17.0 Å². The lowest BCUT2D eigenvalue weighted by molar-refractivity contribution is 0.0753. The summed E-state index contributed by atoms with van der Waals surface area (Å²) in [5.74, 6) is -1.99. The summed E-state index contributed by atoms with van der Waals surface area (Å²) in [6.07, 6.45) is 1.14. The van der Waals surface area contributed by atoms with Gasteiger partial charge < -0.3 is 20.7 Å². The van der Waals surface area contributed by atoms with E-state index in [1.807, 2.05) is 0 Å². The van der Waals surface area contributed by atoms with Gasteiger partial charge in [0.25, 0.3) is 5.91 Å². The largest absolute Gasteiger partial charge is 0.475 e. The minimum Gasteiger partial charge on any atom is -0.426 e. The van der Waals surface area contributed by atoms with Crippen LogP contribution in [-0.2, 0) is 0 Å². The van der Waals surface area contributed by atoms with Crippen molar-refractivity contribution in [3.8, 4) is 0 Å². The second-order valence-electron chi connectivity index (χ2n) is 4.33. The van der Waals surface area contributed by atoms with E-state index in [0.717, 1.165) is 6.07 Å². The quantitative estimate of drug-likeness (QED) is 0.511. The number of nitrogens with two attached hydrogens (primary N) is 1. The molecule has 0 radical (unpaired) electrons. The fourth-order valence-electron chi connectivity index (χ4n) is 2.26. The number of carbonyl (C=O) groups excluding carboxylic acids is 1. The number of anilines is 1. The summed E-state index contributed by atoms with van der Waals surface area (Å²) in [5.41, 5.74) is 5.45. The van der Waals surface area contributed by atoms with E-state index in [1.54, 1.807) is 0 Å². The molecule has 1 aromatic carbocycles. The molecule has 0 aliphatic carbocycles. The Hall–Kier alpha value is -1.60. The predicted octanol–water partition coefficient (Wildman–Crippen LogP) is 0.0245. The Morgan fingerprint density at radius 2 is 2.22 bits per heavy atom. The lowest BCUT2D eigenvalue weighted by Gasteiger charge is -2.24. The molecule has 5 nitrogen and oxygen atoms in total. The Labute approximate surface area is 104 Å². The maximum absolute atomic E-state index is 13.6. The average Bonchev–Trinajstić information content (AvgIpc) is 2.77. The van der Waals surface area contributed by atoms with Crippen LogP contribution in [0.25, 0.3) is 0 Å². The number of hydrogen-bond acceptors (Lipinski definition) is 4. The smallest absolute Gasteiger partial charge is 0.426 e. The molecule has 0 spiro atoms. The maximum Gasteiger partial charge on any atom is 0.475 e. The highest BCUT2D eigenvalue weighted by atomic mass is 19.1. The van der Waals surface area contributed by atoms with Gasteiger partial charge in [0.2, 0.25) is 0 Å². The van der Waals surface area contributed by atoms with Gasteiger partial charge in [-0.05, 0) is 25.0 Å². The molecular formula is C11H14BFN2O3. The molecule has 1 aliphatic heterocycles. The summed E-state index contributed by atoms with van der Waals surface area (Å²) >= 11 is 0. The van der Waals surface area contributed by atoms with E-state index in [4.69, 9.17) is 5.73 Å². The SMILES string of the molecule is Nc1cccc(F)c1C(=O)N1CCC[C@H]1B(O)O. The van der Waals surface area contributed by atoms with Crippen molar-refractivity contribution in [1.29, 1.82) is 0 Å². The molecule has 0 saturated carbocycles. The Bertz CT molecular complexity index is 449. The topological polar surface area (TPSA) is 86.8 Å². The fraction of sp³-hybridized carbons (Fsp3) is 0.364. The number of hydrogen-bond donors (Lipinski definition) is 3. The van der Waals surface area contributed by atoms with Crippen LogP contribution in [0.2, 0.25) is 0 Å². The third-order valence-corrected chi connectivity index (χ3v) is 3.16. The van der Waals surface area contributed by atoms with E-state index in [2.05, 4.69) is 0 Å². The molecule has 1 aliphatic rings. The van der Waals surface area contributed by atoms with Crippen LogP contribution < -0.4 is 5.73 Å². The molecule has 7 heteroatoms. The summed E-state index contributed by atoms with van der Waals surface area (Å²) in [6.45, 7) is 0.370. The Balaban J connectivity index is 2.31. The molecular weight excluding hydrogens is 238 g/mol. The van der Waals surface area contributed by atoms with Crippen LogP contribution in [0.15, 0.2) is 18.2 Å². The van der Waals surface area contributed by atoms with Crippen molar-refractivity contribution in [1.82, 2.24) is 4.90 Å². The van der Waals surface area contributed by atoms with Crippen LogP contribution in [0, 0.1) is 5.82 Å². The Kier molecular flexibility index (Phi) is 3.54. The highest BCUT2D eigenvalue weighted by molar-refractivity contribution is 6.43. The zero-order valence-electron chi connectivity index (χ0n) is 9.71. The molecule has 0 unspecified atom stereocenters. The van der Waals surface area contributed by atoms with Crippen LogP contribution in [0.3, 0.4) is 0 Å². The minimum absolute atomic E-state index is 0.0538. The summed E-state index contributed by atoms with van der Waals surface area (Å²) in [6, 6.07) is 4.02. The van der Waals surface area contributed by atoms with Crippen LogP contribution in [-0.4, -0.2) is 40.5 Å². The highest BCUT2D eigenvalue weighted by Gasteiger charge is 2.38. The Morgan fingerprint density at radius 1 is 1.50 bits per heavy atom. The lowest BCUT2D eigenvalue weighted by atomic mass is 9.77. The van der Waals surface area contributed by atoms with Gasteiger partial charge in [-0.3, -0.25) is 4.79 Å². The van der Waals surface area contributed by atoms with Crippen molar-refractivity contribution >= 4 is 18.7 Å². The first-order valence-corrected chi connectivity index (χ1v) is 5.73. The van der Waals surface area contributed by atoms with Gasteiger partial charge in [-0.25, -0.2) is 4.39 Å². The number of nitrogens with zero attached hydrogens (tertiary/aromatic N) is 1. The first-order chi connectivity index (χ1) is 8.52. The summed E-state index contributed by atoms with van der Waals surface area (Å²) < 4.78 is 13.6. The number of nitrogen functional groups attached to an aromatic ring is 1. The predicted molar refractivity (Wildman–Crippen MR) is 65.1 cm³/mol. The molecule has 1 amide bonds. The van der Waals surface area contributed by atoms with E-state index in [9.17, 15) is 19.2 Å². The Morgan fingerprint density at radius 3 is 2.83 bits per heavy atom. The number of carbonyl (C=O) groups is 1. The van der Waals surface area contributed by atoms with Crippen molar-refractivity contribution in [2.45, 2.75) is 18.8 Å². The molecule has 2 rings (SSSR count). The van der Waals surface area contributed by atoms with Gasteiger partial charge in [-0.2, -0.15) is 0 Å². The molecule has 0 bridgehead atoms. The van der Waals surface area contributed by atoms with Crippen LogP contribution in [0.4, 0.5) is 10.1 Å². The summed E-state index contributed by atoms with van der Waals surface area (Å²) in [7, 11) is -1.62. The van der Waals surface area contributed by atoms with Gasteiger partial charge in [0, 0.05) is 12.2 Å². The second kappa shape index (κ2) is 4.95. The third-order valence-electron chi connectivity index (χ3n) is 3.16. The van der Waals surface area contributed by atoms with Crippen molar-refractivity contribution in [3.05, 3.63) is 29.6 Å². The first kappa shape index (κ1) is 12.9. The lowest BCUT2D eigenvalue weighted by Crippen LogP contribution is -2.45. The van der Waals surface area contributed by atoms with Crippen molar-refractivity contribution in [2.24, 2.45) is 0 Å². The number of amides is 1. The molecule has 1 atom stereocenters. The molecule has 1 heterocycles. The maximum atomic E-state index is 13.6. The molecule has 0 aromatic heterocycles. The standard InChI is InChI=1S/C11H14BFN2O3/c13-7-3-1-4-8(14)10(7)11(16)15-6-2-5-9(15)12(17)18/h1,3-4,9,17-18H,2,5-6,14H2/t9-/m0/s1. The minimum atomic E-state index is -1.62. The average molecular weight is 252 g/mol. The van der Waals surface area contributed by atoms with Gasteiger partial charge in [-0.1, -0.05) is 6.07 Å². The fourth-order valence-corrected chi connectivity index (χ4v) is 2.26. The first-order valence-electron chi connectivity index (χ1n) is 5.73. The molecule has 18 heavy (non-hydrogen) atoms. The normalized spacial score (nSPS) is 19.1. The molecule has 1 fully saturated rings. The van der Waals surface area contributed by atoms with Gasteiger partial charge in [0.15, 0.2) is 0 Å². The van der Waals surface area contributed by atoms with Crippen molar-refractivity contribution in [3.63, 3.8) is 0 Å². The van der Waals surface area contributed by atoms with Gasteiger partial charge in [0.05, 0.1) is 11.5 Å². The van der Waals surface area contributed by atoms with Crippen molar-refractivity contribution in [2.75, 3.05) is 12.3 Å². The number of rotatable bonds is 2. The summed E-state index contributed by atoms with van der Waals surface area (Å²) in [4.78, 5) is 13.5. The number of halogens is 1. The zero-order valence-corrected chi connectivity index (χ0v) is 9.71. The van der Waals surface area contributed by atoms with Gasteiger partial charge in [-0.15, -0.1) is 0 Å². The van der Waals surface area contributed by atoms with E-state index in [-0.39, 0.29) is 11.3 Å². The van der Waals surface area contributed by atoms with E-state index >= 15 is 0 Å². The van der Waals surface area contributed by atoms with Crippen LogP contribution in [0.1, 0.15) is 23.2 Å². The van der Waals surface area contributed by atoms with Gasteiger partial charge >= 0.3 is 7.12 Å². The van der Waals surface area contributed by atoms with E-state index < -0.39 is 24.8 Å². The monoisotopic (exact) mass is 252 g/mol. The third kappa shape index (κ3) is 2.19. The number of benzene rings is 1. The molecule has 4 N–H and O–H groups in total. The van der Waals surface area contributed by atoms with Gasteiger partial charge in [0.1, 0.15) is 5.82 Å². The molecule has 96 valence electrons. The zero-order chi connectivity index (χ0) is 13.3. The van der Waals surface area contributed by atoms with Crippen LogP contribution in [0.5, 0.6) is 0 Å². The number of likely N-dealkylation sites (tertiary alicyclic amines) is 1. The van der Waals surface area contributed by atoms with Crippen molar-refractivity contribution < 1.29 is 19.2 Å². The molecule has 1 aromatic rings. The molecule has 1 saturated heterocycles. The van der Waals surface area contributed by atoms with Crippen LogP contribution >= 0.6 is 0 Å².